The molecule has 1 aromatic carbocycles. The Kier molecular flexibility index (Phi) is 9.72. The van der Waals surface area contributed by atoms with Crippen molar-refractivity contribution >= 4 is 0 Å². The average Bonchev–Trinajstić information content (AvgIpc) is 3.07. The van der Waals surface area contributed by atoms with Crippen molar-refractivity contribution in [1.82, 2.24) is 0 Å². The molecule has 0 amide bonds. The number of alkyl halides is 12. The summed E-state index contributed by atoms with van der Waals surface area (Å²) in [5, 5.41) is 0. The fraction of sp³-hybridized carbons (Fsp3) is 0.615. The molecule has 0 fully saturated rings. The van der Waals surface area contributed by atoms with Crippen LogP contribution in [0.2, 0.25) is 0 Å². The van der Waals surface area contributed by atoms with Crippen molar-refractivity contribution in [2.45, 2.75) is 74.8 Å². The van der Waals surface area contributed by atoms with Crippen LogP contribution in [-0.2, 0) is 41.6 Å². The zero-order valence-corrected chi connectivity index (χ0v) is 23.3. The first-order chi connectivity index (χ1) is 20.1. The number of rotatable bonds is 14. The second kappa shape index (κ2) is 12.1. The van der Waals surface area contributed by atoms with Crippen LogP contribution in [0.15, 0.2) is 47.3 Å². The van der Waals surface area contributed by atoms with Crippen LogP contribution in [0.5, 0.6) is 0 Å². The van der Waals surface area contributed by atoms with Crippen LogP contribution in [0.4, 0.5) is 52.7 Å². The van der Waals surface area contributed by atoms with E-state index in [1.54, 1.807) is 0 Å². The monoisotopic (exact) mass is 662 g/mol. The van der Waals surface area contributed by atoms with Gasteiger partial charge in [0.15, 0.2) is 0 Å². The third-order valence-electron chi connectivity index (χ3n) is 6.36. The van der Waals surface area contributed by atoms with Crippen molar-refractivity contribution in [3.8, 4) is 0 Å². The molecule has 0 heterocycles. The lowest BCUT2D eigenvalue weighted by Crippen LogP contribution is -2.49. The molecule has 2 aliphatic carbocycles. The number of methoxy groups -OCH3 is 2. The minimum absolute atomic E-state index is 0.110. The van der Waals surface area contributed by atoms with Crippen molar-refractivity contribution in [1.29, 1.82) is 0 Å². The molecule has 0 saturated heterocycles. The smallest absolute Gasteiger partial charge is 0.387 e. The molecule has 0 bridgehead atoms. The summed E-state index contributed by atoms with van der Waals surface area (Å²) in [6, 6.07) is 4.11. The lowest BCUT2D eigenvalue weighted by Gasteiger charge is -2.25. The maximum Gasteiger partial charge on any atom is 0.387 e. The van der Waals surface area contributed by atoms with E-state index in [0.717, 1.165) is 52.3 Å². The summed E-state index contributed by atoms with van der Waals surface area (Å²) < 4.78 is 199. The Bertz CT molecular complexity index is 1150. The Morgan fingerprint density at radius 3 is 1.05 bits per heavy atom. The largest absolute Gasteiger partial charge is 0.483 e. The van der Waals surface area contributed by atoms with E-state index < -0.39 is 97.2 Å². The Hall–Kier alpha value is -3.02. The molecule has 44 heavy (non-hydrogen) atoms. The standard InChI is InChI=1S/C26H26F12O6/c1-13(9-39-3)43-19-17(21(27,28)25(35,36)23(19,31)32)41-11-15-5-7-16(8-6-15)12-42-18-20(44-14(2)10-40-4)24(33,34)26(37,38)22(18,29)30/h5-8,13-14H,9-12H2,1-4H3. The molecule has 1 aromatic rings. The molecule has 2 atom stereocenters. The van der Waals surface area contributed by atoms with Gasteiger partial charge in [-0.1, -0.05) is 24.3 Å². The minimum Gasteiger partial charge on any atom is -0.483 e. The molecule has 0 spiro atoms. The molecule has 0 N–H and O–H groups in total. The number of hydrogen-bond donors (Lipinski definition) is 0. The zero-order valence-electron chi connectivity index (χ0n) is 23.3. The average molecular weight is 662 g/mol. The van der Waals surface area contributed by atoms with Crippen molar-refractivity contribution in [3.05, 3.63) is 58.4 Å². The van der Waals surface area contributed by atoms with Crippen LogP contribution in [0.3, 0.4) is 0 Å². The highest BCUT2D eigenvalue weighted by atomic mass is 19.4. The molecule has 6 nitrogen and oxygen atoms in total. The molecule has 2 unspecified atom stereocenters. The molecule has 0 radical (unpaired) electrons. The third-order valence-corrected chi connectivity index (χ3v) is 6.36. The highest BCUT2D eigenvalue weighted by Gasteiger charge is 2.84. The van der Waals surface area contributed by atoms with E-state index in [1.807, 2.05) is 0 Å². The summed E-state index contributed by atoms with van der Waals surface area (Å²) in [7, 11) is 2.24. The highest BCUT2D eigenvalue weighted by Crippen LogP contribution is 2.61. The van der Waals surface area contributed by atoms with Crippen LogP contribution in [0, 0.1) is 0 Å². The molecule has 0 saturated carbocycles. The normalized spacial score (nSPS) is 23.8. The molecule has 0 aromatic heterocycles. The van der Waals surface area contributed by atoms with Crippen LogP contribution in [-0.4, -0.2) is 75.2 Å². The first-order valence-electron chi connectivity index (χ1n) is 12.5. The Morgan fingerprint density at radius 2 is 0.773 bits per heavy atom. The van der Waals surface area contributed by atoms with Gasteiger partial charge >= 0.3 is 35.5 Å². The fourth-order valence-electron chi connectivity index (χ4n) is 4.09. The number of hydrogen-bond acceptors (Lipinski definition) is 6. The lowest BCUT2D eigenvalue weighted by atomic mass is 10.1. The highest BCUT2D eigenvalue weighted by molar-refractivity contribution is 5.36. The number of benzene rings is 1. The predicted molar refractivity (Wildman–Crippen MR) is 125 cm³/mol. The lowest BCUT2D eigenvalue weighted by molar-refractivity contribution is -0.278. The number of ether oxygens (including phenoxy) is 6. The van der Waals surface area contributed by atoms with Gasteiger partial charge < -0.3 is 28.4 Å². The molecule has 3 rings (SSSR count). The van der Waals surface area contributed by atoms with Crippen molar-refractivity contribution in [2.75, 3.05) is 27.4 Å². The van der Waals surface area contributed by atoms with Crippen LogP contribution >= 0.6 is 0 Å². The summed E-state index contributed by atoms with van der Waals surface area (Å²) >= 11 is 0. The SMILES string of the molecule is COCC(C)OC1=C(OCc2ccc(COC3=C(OC(C)COC)C(F)(F)C(F)(F)C3(F)F)cc2)C(F)(F)C(F)(F)C1(F)F. The van der Waals surface area contributed by atoms with Crippen molar-refractivity contribution < 1.29 is 81.1 Å². The van der Waals surface area contributed by atoms with Crippen LogP contribution in [0.1, 0.15) is 25.0 Å². The van der Waals surface area contributed by atoms with Gasteiger partial charge in [-0.05, 0) is 25.0 Å². The van der Waals surface area contributed by atoms with Gasteiger partial charge in [0, 0.05) is 14.2 Å². The van der Waals surface area contributed by atoms with Crippen molar-refractivity contribution in [2.24, 2.45) is 0 Å². The molecule has 0 aliphatic heterocycles. The van der Waals surface area contributed by atoms with E-state index in [9.17, 15) is 52.7 Å². The van der Waals surface area contributed by atoms with Gasteiger partial charge in [-0.2, -0.15) is 52.7 Å². The molecule has 250 valence electrons. The topological polar surface area (TPSA) is 55.4 Å². The third kappa shape index (κ3) is 5.74. The van der Waals surface area contributed by atoms with E-state index in [-0.39, 0.29) is 11.1 Å². The van der Waals surface area contributed by atoms with Gasteiger partial charge in [0.1, 0.15) is 25.4 Å². The second-order valence-electron chi connectivity index (χ2n) is 9.92. The number of allylic oxidation sites excluding steroid dienone is 4. The maximum atomic E-state index is 14.4. The Labute approximate surface area is 242 Å². The van der Waals surface area contributed by atoms with Gasteiger partial charge in [-0.3, -0.25) is 0 Å². The molecule has 2 aliphatic rings. The van der Waals surface area contributed by atoms with E-state index in [2.05, 4.69) is 28.4 Å². The summed E-state index contributed by atoms with van der Waals surface area (Å²) in [5.41, 5.74) is -0.221. The first-order valence-corrected chi connectivity index (χ1v) is 12.5. The Balaban J connectivity index is 1.81. The zero-order chi connectivity index (χ0) is 33.5. The predicted octanol–water partition coefficient (Wildman–Crippen LogP) is 7.09. The van der Waals surface area contributed by atoms with E-state index in [1.165, 1.54) is 0 Å². The molecular weight excluding hydrogens is 636 g/mol. The van der Waals surface area contributed by atoms with E-state index >= 15 is 0 Å². The fourth-order valence-corrected chi connectivity index (χ4v) is 4.09. The van der Waals surface area contributed by atoms with Crippen LogP contribution < -0.4 is 0 Å². The van der Waals surface area contributed by atoms with Gasteiger partial charge in [0.05, 0.1) is 13.2 Å². The maximum absolute atomic E-state index is 14.4. The van der Waals surface area contributed by atoms with Gasteiger partial charge in [-0.25, -0.2) is 0 Å². The van der Waals surface area contributed by atoms with Gasteiger partial charge in [0.2, 0.25) is 23.0 Å². The van der Waals surface area contributed by atoms with E-state index in [4.69, 9.17) is 0 Å². The van der Waals surface area contributed by atoms with Crippen molar-refractivity contribution in [3.63, 3.8) is 0 Å². The first kappa shape index (κ1) is 35.5. The molecule has 18 heteroatoms. The second-order valence-corrected chi connectivity index (χ2v) is 9.92. The quantitative estimate of drug-likeness (QED) is 0.199. The molecular formula is C26H26F12O6. The minimum atomic E-state index is -5.91. The number of halogens is 12. The summed E-state index contributed by atoms with van der Waals surface area (Å²) in [6.07, 6.45) is -2.72. The van der Waals surface area contributed by atoms with Gasteiger partial charge in [0.25, 0.3) is 0 Å². The van der Waals surface area contributed by atoms with Gasteiger partial charge in [-0.15, -0.1) is 0 Å². The van der Waals surface area contributed by atoms with E-state index in [0.29, 0.717) is 0 Å². The summed E-state index contributed by atoms with van der Waals surface area (Å²) in [4.78, 5) is 0. The summed E-state index contributed by atoms with van der Waals surface area (Å²) in [6.45, 7) is -0.665. The summed E-state index contributed by atoms with van der Waals surface area (Å²) in [5.74, 6) is -42.2. The van der Waals surface area contributed by atoms with Crippen LogP contribution in [0.25, 0.3) is 0 Å². The Morgan fingerprint density at radius 1 is 0.500 bits per heavy atom.